The summed E-state index contributed by atoms with van der Waals surface area (Å²) in [7, 11) is 0. The molecule has 0 spiro atoms. The summed E-state index contributed by atoms with van der Waals surface area (Å²) in [4.78, 5) is 29.6. The molecule has 4 rings (SSSR count). The van der Waals surface area contributed by atoms with Crippen molar-refractivity contribution in [2.24, 2.45) is 11.7 Å². The van der Waals surface area contributed by atoms with E-state index in [1.165, 1.54) is 6.07 Å². The maximum Gasteiger partial charge on any atom is 0.334 e. The number of benzene rings is 1. The lowest BCUT2D eigenvalue weighted by atomic mass is 9.77. The number of nitrogens with two attached hydrogens (primary N) is 1. The summed E-state index contributed by atoms with van der Waals surface area (Å²) in [5, 5.41) is 0. The molecule has 0 unspecified atom stereocenters. The molecule has 3 aliphatic rings. The van der Waals surface area contributed by atoms with Gasteiger partial charge in [-0.2, -0.15) is 0 Å². The number of carbonyl (C=O) groups excluding carboxylic acids is 2. The Morgan fingerprint density at radius 1 is 1.12 bits per heavy atom. The highest BCUT2D eigenvalue weighted by atomic mass is 19.1. The van der Waals surface area contributed by atoms with Crippen LogP contribution in [0.15, 0.2) is 35.9 Å². The molecule has 1 aliphatic heterocycles. The lowest BCUT2D eigenvalue weighted by molar-refractivity contribution is -0.168. The molecule has 0 radical (unpaired) electrons. The summed E-state index contributed by atoms with van der Waals surface area (Å²) < 4.78 is 19.3. The Hall–Kier alpha value is -2.41. The Morgan fingerprint density at radius 2 is 1.88 bits per heavy atom. The number of halogens is 1. The van der Waals surface area contributed by atoms with Gasteiger partial charge in [-0.05, 0) is 88.4 Å². The molecule has 7 heteroatoms. The average molecular weight is 458 g/mol. The van der Waals surface area contributed by atoms with E-state index in [0.717, 1.165) is 83.4 Å². The Labute approximate surface area is 195 Å². The molecule has 1 aromatic carbocycles. The van der Waals surface area contributed by atoms with Crippen LogP contribution in [0.4, 0.5) is 10.1 Å². The van der Waals surface area contributed by atoms with Crippen LogP contribution in [0, 0.1) is 11.7 Å². The van der Waals surface area contributed by atoms with Crippen LogP contribution in [0.1, 0.15) is 57.8 Å². The molecular weight excluding hydrogens is 421 g/mol. The molecule has 0 bridgehead atoms. The van der Waals surface area contributed by atoms with Crippen LogP contribution in [0.3, 0.4) is 0 Å². The average Bonchev–Trinajstić information content (AvgIpc) is 2.84. The number of primary amides is 1. The molecule has 0 aromatic heterocycles. The van der Waals surface area contributed by atoms with Gasteiger partial charge in [-0.1, -0.05) is 12.1 Å². The van der Waals surface area contributed by atoms with Crippen LogP contribution in [-0.2, 0) is 14.3 Å². The highest BCUT2D eigenvalue weighted by molar-refractivity contribution is 5.93. The zero-order valence-corrected chi connectivity index (χ0v) is 19.4. The summed E-state index contributed by atoms with van der Waals surface area (Å²) in [6, 6.07) is 6.80. The van der Waals surface area contributed by atoms with Crippen molar-refractivity contribution >= 4 is 17.6 Å². The Kier molecular flexibility index (Phi) is 7.68. The summed E-state index contributed by atoms with van der Waals surface area (Å²) in [5.41, 5.74) is 6.21. The number of esters is 1. The largest absolute Gasteiger partial charge is 0.446 e. The van der Waals surface area contributed by atoms with Gasteiger partial charge in [0.1, 0.15) is 5.82 Å². The normalized spacial score (nSPS) is 26.5. The number of hydrogen-bond donors (Lipinski definition) is 1. The first-order valence-electron chi connectivity index (χ1n) is 12.4. The molecule has 1 saturated heterocycles. The number of carbonyl (C=O) groups is 2. The molecule has 1 saturated carbocycles. The zero-order chi connectivity index (χ0) is 23.3. The van der Waals surface area contributed by atoms with Gasteiger partial charge in [0.2, 0.25) is 0 Å². The number of piperazine rings is 1. The van der Waals surface area contributed by atoms with E-state index in [-0.39, 0.29) is 11.8 Å². The molecule has 1 amide bonds. The SMILES string of the molecule is NC(=O)C1(OC(=O)C2=CCCCC2)CCC(CCN2CCN(c3cccc(F)c3)CC2)CC1. The van der Waals surface area contributed by atoms with Crippen LogP contribution in [-0.4, -0.2) is 55.1 Å². The first-order valence-corrected chi connectivity index (χ1v) is 12.4. The lowest BCUT2D eigenvalue weighted by Gasteiger charge is -2.39. The quantitative estimate of drug-likeness (QED) is 0.631. The molecule has 33 heavy (non-hydrogen) atoms. The smallest absolute Gasteiger partial charge is 0.334 e. The fourth-order valence-electron chi connectivity index (χ4n) is 5.37. The van der Waals surface area contributed by atoms with E-state index < -0.39 is 11.5 Å². The van der Waals surface area contributed by atoms with E-state index in [0.29, 0.717) is 24.3 Å². The monoisotopic (exact) mass is 457 g/mol. The van der Waals surface area contributed by atoms with Gasteiger partial charge in [0.05, 0.1) is 0 Å². The van der Waals surface area contributed by atoms with E-state index in [9.17, 15) is 14.0 Å². The van der Waals surface area contributed by atoms with Crippen LogP contribution in [0.25, 0.3) is 0 Å². The third-order valence-electron chi connectivity index (χ3n) is 7.60. The van der Waals surface area contributed by atoms with E-state index >= 15 is 0 Å². The number of ether oxygens (including phenoxy) is 1. The van der Waals surface area contributed by atoms with Crippen molar-refractivity contribution < 1.29 is 18.7 Å². The van der Waals surface area contributed by atoms with Crippen molar-refractivity contribution in [3.8, 4) is 0 Å². The van der Waals surface area contributed by atoms with Gasteiger partial charge in [-0.15, -0.1) is 0 Å². The van der Waals surface area contributed by atoms with Gasteiger partial charge >= 0.3 is 5.97 Å². The second kappa shape index (κ2) is 10.7. The number of hydrogen-bond acceptors (Lipinski definition) is 5. The molecule has 0 atom stereocenters. The first kappa shape index (κ1) is 23.7. The van der Waals surface area contributed by atoms with Gasteiger partial charge in [-0.3, -0.25) is 9.69 Å². The standard InChI is InChI=1S/C26H36FN3O3/c27-22-7-4-8-23(19-22)30-17-15-29(16-18-30)14-11-20-9-12-26(13-10-20,25(28)32)33-24(31)21-5-2-1-3-6-21/h4-5,7-8,19-20H,1-3,6,9-18H2,(H2,28,32). The molecule has 2 N–H and O–H groups in total. The lowest BCUT2D eigenvalue weighted by Crippen LogP contribution is -2.50. The van der Waals surface area contributed by atoms with Crippen molar-refractivity contribution in [3.63, 3.8) is 0 Å². The van der Waals surface area contributed by atoms with Gasteiger partial charge < -0.3 is 15.4 Å². The maximum atomic E-state index is 13.5. The van der Waals surface area contributed by atoms with Crippen molar-refractivity contribution in [2.45, 2.75) is 63.4 Å². The topological polar surface area (TPSA) is 75.9 Å². The second-order valence-corrected chi connectivity index (χ2v) is 9.76. The van der Waals surface area contributed by atoms with Gasteiger partial charge in [-0.25, -0.2) is 9.18 Å². The van der Waals surface area contributed by atoms with E-state index in [4.69, 9.17) is 10.5 Å². The maximum absolute atomic E-state index is 13.5. The molecule has 2 fully saturated rings. The Morgan fingerprint density at radius 3 is 2.52 bits per heavy atom. The zero-order valence-electron chi connectivity index (χ0n) is 19.4. The minimum atomic E-state index is -1.15. The fraction of sp³-hybridized carbons (Fsp3) is 0.615. The molecule has 180 valence electrons. The summed E-state index contributed by atoms with van der Waals surface area (Å²) >= 11 is 0. The van der Waals surface area contributed by atoms with Gasteiger partial charge in [0, 0.05) is 37.4 Å². The number of anilines is 1. The minimum absolute atomic E-state index is 0.194. The van der Waals surface area contributed by atoms with E-state index in [2.05, 4.69) is 9.80 Å². The van der Waals surface area contributed by atoms with Crippen molar-refractivity contribution in [1.29, 1.82) is 0 Å². The van der Waals surface area contributed by atoms with Crippen LogP contribution >= 0.6 is 0 Å². The number of rotatable bonds is 7. The number of nitrogens with zero attached hydrogens (tertiary/aromatic N) is 2. The highest BCUT2D eigenvalue weighted by Crippen LogP contribution is 2.37. The summed E-state index contributed by atoms with van der Waals surface area (Å²) in [5.74, 6) is -0.561. The van der Waals surface area contributed by atoms with Crippen LogP contribution < -0.4 is 10.6 Å². The first-order chi connectivity index (χ1) is 15.9. The predicted molar refractivity (Wildman–Crippen MR) is 126 cm³/mol. The summed E-state index contributed by atoms with van der Waals surface area (Å²) in [6.45, 7) is 4.72. The van der Waals surface area contributed by atoms with Gasteiger partial charge in [0.15, 0.2) is 5.60 Å². The predicted octanol–water partition coefficient (Wildman–Crippen LogP) is 3.80. The Bertz CT molecular complexity index is 871. The van der Waals surface area contributed by atoms with Crippen molar-refractivity contribution in [2.75, 3.05) is 37.6 Å². The summed E-state index contributed by atoms with van der Waals surface area (Å²) in [6.07, 6.45) is 9.43. The van der Waals surface area contributed by atoms with E-state index in [1.54, 1.807) is 12.1 Å². The van der Waals surface area contributed by atoms with E-state index in [1.807, 2.05) is 12.1 Å². The van der Waals surface area contributed by atoms with Crippen molar-refractivity contribution in [3.05, 3.63) is 41.7 Å². The molecule has 2 aliphatic carbocycles. The molecule has 6 nitrogen and oxygen atoms in total. The Balaban J connectivity index is 1.22. The van der Waals surface area contributed by atoms with Crippen LogP contribution in [0.5, 0.6) is 0 Å². The molecule has 1 heterocycles. The van der Waals surface area contributed by atoms with Gasteiger partial charge in [0.25, 0.3) is 5.91 Å². The number of allylic oxidation sites excluding steroid dienone is 1. The number of amides is 1. The molecular formula is C26H36FN3O3. The minimum Gasteiger partial charge on any atom is -0.446 e. The second-order valence-electron chi connectivity index (χ2n) is 9.76. The fourth-order valence-corrected chi connectivity index (χ4v) is 5.37. The highest BCUT2D eigenvalue weighted by Gasteiger charge is 2.44. The molecule has 1 aromatic rings. The van der Waals surface area contributed by atoms with Crippen LogP contribution in [0.2, 0.25) is 0 Å². The van der Waals surface area contributed by atoms with Crippen molar-refractivity contribution in [1.82, 2.24) is 4.90 Å². The third-order valence-corrected chi connectivity index (χ3v) is 7.60. The third kappa shape index (κ3) is 5.94.